The number of halogens is 5. The van der Waals surface area contributed by atoms with Gasteiger partial charge in [-0.05, 0) is 31.2 Å². The number of hydrogen-bond donors (Lipinski definition) is 2. The summed E-state index contributed by atoms with van der Waals surface area (Å²) in [6, 6.07) is 3.60. The van der Waals surface area contributed by atoms with E-state index in [4.69, 9.17) is 10.5 Å². The Bertz CT molecular complexity index is 1070. The number of rotatable bonds is 4. The summed E-state index contributed by atoms with van der Waals surface area (Å²) in [7, 11) is 0. The number of benzene rings is 1. The molecule has 0 saturated carbocycles. The van der Waals surface area contributed by atoms with Gasteiger partial charge in [-0.3, -0.25) is 10.3 Å². The van der Waals surface area contributed by atoms with Gasteiger partial charge in [0.05, 0.1) is 0 Å². The summed E-state index contributed by atoms with van der Waals surface area (Å²) >= 11 is 0. The minimum absolute atomic E-state index is 0.171. The number of ether oxygens (including phenoxy) is 2. The second-order valence-corrected chi connectivity index (χ2v) is 6.83. The molecule has 0 aliphatic carbocycles. The van der Waals surface area contributed by atoms with Crippen molar-refractivity contribution in [1.29, 1.82) is 0 Å². The fourth-order valence-electron chi connectivity index (χ4n) is 2.89. The van der Waals surface area contributed by atoms with Crippen LogP contribution in [0.2, 0.25) is 0 Å². The van der Waals surface area contributed by atoms with E-state index in [1.807, 2.05) is 0 Å². The summed E-state index contributed by atoms with van der Waals surface area (Å²) in [5.41, 5.74) is 1.71. The van der Waals surface area contributed by atoms with Crippen LogP contribution in [-0.2, 0) is 15.0 Å². The molecule has 1 aliphatic rings. The zero-order valence-corrected chi connectivity index (χ0v) is 16.3. The first kappa shape index (κ1) is 23.1. The van der Waals surface area contributed by atoms with Crippen LogP contribution in [0.3, 0.4) is 0 Å². The van der Waals surface area contributed by atoms with Crippen molar-refractivity contribution in [3.8, 4) is 0 Å². The lowest BCUT2D eigenvalue weighted by Crippen LogP contribution is -2.45. The van der Waals surface area contributed by atoms with Crippen LogP contribution in [0.4, 0.5) is 32.4 Å². The predicted octanol–water partition coefficient (Wildman–Crippen LogP) is 3.04. The number of amidine groups is 1. The predicted molar refractivity (Wildman–Crippen MR) is 99.1 cm³/mol. The van der Waals surface area contributed by atoms with E-state index in [9.17, 15) is 31.5 Å². The van der Waals surface area contributed by atoms with E-state index in [2.05, 4.69) is 20.1 Å². The molecule has 1 aromatic carbocycles. The highest BCUT2D eigenvalue weighted by Gasteiger charge is 2.54. The first-order valence-electron chi connectivity index (χ1n) is 8.89. The number of esters is 1. The van der Waals surface area contributed by atoms with E-state index in [1.165, 1.54) is 0 Å². The molecule has 2 heterocycles. The zero-order valence-electron chi connectivity index (χ0n) is 16.3. The lowest BCUT2D eigenvalue weighted by atomic mass is 9.85. The van der Waals surface area contributed by atoms with Crippen LogP contribution < -0.4 is 11.1 Å². The monoisotopic (exact) mass is 461 g/mol. The van der Waals surface area contributed by atoms with Crippen molar-refractivity contribution in [2.45, 2.75) is 24.9 Å². The first-order valence-corrected chi connectivity index (χ1v) is 8.89. The fraction of sp³-hybridized carbons (Fsp3) is 0.333. The standard InChI is InChI=1S/C18H16F5N5O4/c1-17(18(22,23)8-31-7-13(24)26-17)10-6-9(2-3-11(10)19)25-16(30)32-14(29)12-4-5-28(27-12)15(20)21/h2-6,15H,7-8H2,1H3,(H2,24,26)(H,25,30). The molecule has 32 heavy (non-hydrogen) atoms. The number of aromatic nitrogens is 2. The van der Waals surface area contributed by atoms with Gasteiger partial charge in [-0.1, -0.05) is 0 Å². The molecule has 172 valence electrons. The number of alkyl halides is 4. The van der Waals surface area contributed by atoms with Crippen molar-refractivity contribution in [2.75, 3.05) is 18.5 Å². The quantitative estimate of drug-likeness (QED) is 0.410. The number of carbonyl (C=O) groups is 2. The molecule has 0 spiro atoms. The fourth-order valence-corrected chi connectivity index (χ4v) is 2.89. The second kappa shape index (κ2) is 8.53. The Labute approximate surface area is 177 Å². The van der Waals surface area contributed by atoms with Crippen molar-refractivity contribution in [3.63, 3.8) is 0 Å². The number of carbonyl (C=O) groups excluding carboxylic acids is 2. The van der Waals surface area contributed by atoms with Gasteiger partial charge in [-0.25, -0.2) is 27.4 Å². The normalized spacial score (nSPS) is 20.4. The van der Waals surface area contributed by atoms with Crippen LogP contribution in [0.25, 0.3) is 0 Å². The van der Waals surface area contributed by atoms with Crippen LogP contribution in [0, 0.1) is 5.82 Å². The molecule has 1 aromatic heterocycles. The topological polar surface area (TPSA) is 121 Å². The van der Waals surface area contributed by atoms with E-state index in [1.54, 1.807) is 0 Å². The lowest BCUT2D eigenvalue weighted by Gasteiger charge is -2.33. The number of nitrogens with zero attached hydrogens (tertiary/aromatic N) is 3. The average Bonchev–Trinajstić information content (AvgIpc) is 3.16. The van der Waals surface area contributed by atoms with Crippen LogP contribution in [0.5, 0.6) is 0 Å². The maximum atomic E-state index is 14.7. The van der Waals surface area contributed by atoms with Gasteiger partial charge in [0.1, 0.15) is 24.9 Å². The molecule has 2 aromatic rings. The molecular weight excluding hydrogens is 445 g/mol. The van der Waals surface area contributed by atoms with E-state index < -0.39 is 53.8 Å². The van der Waals surface area contributed by atoms with Crippen molar-refractivity contribution in [3.05, 3.63) is 47.5 Å². The van der Waals surface area contributed by atoms with Crippen LogP contribution >= 0.6 is 0 Å². The molecule has 1 aliphatic heterocycles. The summed E-state index contributed by atoms with van der Waals surface area (Å²) in [4.78, 5) is 27.6. The smallest absolute Gasteiger partial charge is 0.385 e. The highest BCUT2D eigenvalue weighted by Crippen LogP contribution is 2.44. The molecule has 3 rings (SSSR count). The maximum absolute atomic E-state index is 14.7. The van der Waals surface area contributed by atoms with Gasteiger partial charge in [0.25, 0.3) is 5.92 Å². The van der Waals surface area contributed by atoms with Gasteiger partial charge in [0.2, 0.25) is 0 Å². The molecule has 3 N–H and O–H groups in total. The third kappa shape index (κ3) is 4.54. The van der Waals surface area contributed by atoms with Crippen molar-refractivity contribution in [2.24, 2.45) is 10.7 Å². The number of hydrogen-bond acceptors (Lipinski definition) is 7. The number of aliphatic imine (C=N–C) groups is 1. The SMILES string of the molecule is CC1(c2cc(NC(=O)OC(=O)c3ccn(C(F)F)n3)ccc2F)N=C(N)COCC1(F)F. The van der Waals surface area contributed by atoms with Gasteiger partial charge in [-0.15, -0.1) is 0 Å². The summed E-state index contributed by atoms with van der Waals surface area (Å²) in [5.74, 6) is -6.34. The molecule has 1 amide bonds. The summed E-state index contributed by atoms with van der Waals surface area (Å²) in [6.07, 6.45) is -0.585. The summed E-state index contributed by atoms with van der Waals surface area (Å²) in [5, 5.41) is 5.30. The van der Waals surface area contributed by atoms with Crippen molar-refractivity contribution in [1.82, 2.24) is 9.78 Å². The molecule has 1 unspecified atom stereocenters. The first-order chi connectivity index (χ1) is 14.9. The Hall–Kier alpha value is -3.55. The van der Waals surface area contributed by atoms with Crippen molar-refractivity contribution < 1.29 is 41.0 Å². The molecule has 14 heteroatoms. The second-order valence-electron chi connectivity index (χ2n) is 6.83. The molecular formula is C18H16F5N5O4. The highest BCUT2D eigenvalue weighted by atomic mass is 19.3. The van der Waals surface area contributed by atoms with Gasteiger partial charge in [0.15, 0.2) is 11.2 Å². The molecule has 0 fully saturated rings. The average molecular weight is 461 g/mol. The molecule has 1 atom stereocenters. The van der Waals surface area contributed by atoms with Crippen LogP contribution in [0.15, 0.2) is 35.5 Å². The lowest BCUT2D eigenvalue weighted by molar-refractivity contribution is -0.116. The molecule has 0 bridgehead atoms. The molecule has 9 nitrogen and oxygen atoms in total. The molecule has 0 radical (unpaired) electrons. The van der Waals surface area contributed by atoms with E-state index in [0.29, 0.717) is 0 Å². The number of anilines is 1. The Morgan fingerprint density at radius 2 is 2.03 bits per heavy atom. The third-order valence-electron chi connectivity index (χ3n) is 4.55. The third-order valence-corrected chi connectivity index (χ3v) is 4.55. The van der Waals surface area contributed by atoms with Gasteiger partial charge in [0, 0.05) is 17.4 Å². The number of nitrogens with two attached hydrogens (primary N) is 1. The van der Waals surface area contributed by atoms with E-state index in [0.717, 1.165) is 37.4 Å². The largest absolute Gasteiger partial charge is 0.419 e. The minimum atomic E-state index is -3.66. The number of amides is 1. The van der Waals surface area contributed by atoms with Crippen LogP contribution in [-0.4, -0.2) is 46.8 Å². The Morgan fingerprint density at radius 1 is 1.31 bits per heavy atom. The minimum Gasteiger partial charge on any atom is -0.385 e. The highest BCUT2D eigenvalue weighted by molar-refractivity contribution is 5.99. The maximum Gasteiger partial charge on any atom is 0.419 e. The summed E-state index contributed by atoms with van der Waals surface area (Å²) in [6.45, 7) is -3.50. The van der Waals surface area contributed by atoms with Gasteiger partial charge >= 0.3 is 18.6 Å². The zero-order chi connectivity index (χ0) is 23.7. The van der Waals surface area contributed by atoms with E-state index in [-0.39, 0.29) is 22.8 Å². The summed E-state index contributed by atoms with van der Waals surface area (Å²) < 4.78 is 78.3. The Kier molecular flexibility index (Phi) is 6.16. The van der Waals surface area contributed by atoms with Gasteiger partial charge < -0.3 is 15.2 Å². The molecule has 0 saturated heterocycles. The Balaban J connectivity index is 1.81. The number of nitrogens with one attached hydrogen (secondary N) is 1. The Morgan fingerprint density at radius 3 is 2.69 bits per heavy atom. The van der Waals surface area contributed by atoms with Gasteiger partial charge in [-0.2, -0.15) is 13.9 Å². The van der Waals surface area contributed by atoms with E-state index >= 15 is 0 Å². The van der Waals surface area contributed by atoms with Crippen LogP contribution in [0.1, 0.15) is 29.5 Å². The van der Waals surface area contributed by atoms with Crippen molar-refractivity contribution >= 4 is 23.6 Å².